The van der Waals surface area contributed by atoms with Crippen molar-refractivity contribution in [3.05, 3.63) is 81.9 Å². The van der Waals surface area contributed by atoms with Crippen molar-refractivity contribution in [3.8, 4) is 11.4 Å². The maximum atomic E-state index is 13.6. The summed E-state index contributed by atoms with van der Waals surface area (Å²) in [5.74, 6) is 0.0250. The number of benzene rings is 1. The molecule has 0 saturated heterocycles. The summed E-state index contributed by atoms with van der Waals surface area (Å²) in [6.45, 7) is 0.870. The first kappa shape index (κ1) is 19.2. The van der Waals surface area contributed by atoms with E-state index >= 15 is 0 Å². The molecule has 0 aliphatic carbocycles. The zero-order valence-corrected chi connectivity index (χ0v) is 16.9. The van der Waals surface area contributed by atoms with Crippen molar-refractivity contribution < 1.29 is 9.18 Å². The molecular weight excluding hydrogens is 397 g/mol. The Morgan fingerprint density at radius 2 is 1.87 bits per heavy atom. The predicted molar refractivity (Wildman–Crippen MR) is 114 cm³/mol. The van der Waals surface area contributed by atoms with E-state index in [0.717, 1.165) is 11.1 Å². The number of pyridine rings is 1. The Morgan fingerprint density at radius 1 is 1.10 bits per heavy atom. The number of aromatic nitrogens is 4. The highest BCUT2D eigenvalue weighted by molar-refractivity contribution is 5.98. The first-order valence-electron chi connectivity index (χ1n) is 10.1. The quantitative estimate of drug-likeness (QED) is 0.544. The molecule has 3 aromatic heterocycles. The van der Waals surface area contributed by atoms with E-state index in [1.165, 1.54) is 12.1 Å². The molecule has 0 unspecified atom stereocenters. The highest BCUT2D eigenvalue weighted by Gasteiger charge is 2.25. The number of hydrogen-bond donors (Lipinski definition) is 1. The van der Waals surface area contributed by atoms with Gasteiger partial charge in [-0.05, 0) is 42.8 Å². The number of amides is 1. The number of halogens is 1. The van der Waals surface area contributed by atoms with Crippen LogP contribution in [0, 0.1) is 5.82 Å². The van der Waals surface area contributed by atoms with Gasteiger partial charge in [-0.3, -0.25) is 14.6 Å². The number of aromatic amines is 1. The third-order valence-electron chi connectivity index (χ3n) is 5.82. The van der Waals surface area contributed by atoms with Gasteiger partial charge >= 0.3 is 0 Å². The van der Waals surface area contributed by atoms with Gasteiger partial charge in [-0.2, -0.15) is 0 Å². The molecule has 0 saturated carbocycles. The van der Waals surface area contributed by atoms with Crippen LogP contribution in [0.5, 0.6) is 0 Å². The second kappa shape index (κ2) is 7.46. The highest BCUT2D eigenvalue weighted by atomic mass is 19.1. The van der Waals surface area contributed by atoms with Crippen LogP contribution in [0.1, 0.15) is 21.7 Å². The lowest BCUT2D eigenvalue weighted by Gasteiger charge is -2.20. The maximum absolute atomic E-state index is 13.6. The molecule has 156 valence electrons. The van der Waals surface area contributed by atoms with E-state index in [1.807, 2.05) is 0 Å². The van der Waals surface area contributed by atoms with Crippen molar-refractivity contribution in [2.24, 2.45) is 7.05 Å². The summed E-state index contributed by atoms with van der Waals surface area (Å²) < 4.78 is 15.4. The molecule has 1 N–H and O–H groups in total. The topological polar surface area (TPSA) is 83.9 Å². The van der Waals surface area contributed by atoms with Crippen LogP contribution < -0.4 is 5.56 Å². The standard InChI is InChI=1S/C23H20FN5O2/c1-28-19-3-2-16(24)12-15(19)13-20(28)23(31)29-10-6-17-18(7-11-29)26-21(27-22(17)30)14-4-8-25-9-5-14/h2-5,8-9,12-13H,6-7,10-11H2,1H3,(H,26,27,30). The van der Waals surface area contributed by atoms with Crippen molar-refractivity contribution in [1.82, 2.24) is 24.4 Å². The minimum atomic E-state index is -0.336. The van der Waals surface area contributed by atoms with Gasteiger partial charge in [0.25, 0.3) is 11.5 Å². The van der Waals surface area contributed by atoms with Crippen LogP contribution in [0.25, 0.3) is 22.3 Å². The molecule has 0 radical (unpaired) electrons. The van der Waals surface area contributed by atoms with Crippen molar-refractivity contribution in [2.45, 2.75) is 12.8 Å². The minimum Gasteiger partial charge on any atom is -0.340 e. The first-order valence-corrected chi connectivity index (χ1v) is 10.1. The molecule has 1 amide bonds. The number of H-pyrrole nitrogens is 1. The normalized spacial score (nSPS) is 13.8. The molecule has 1 aromatic carbocycles. The lowest BCUT2D eigenvalue weighted by molar-refractivity contribution is 0.0754. The number of aryl methyl sites for hydroxylation is 1. The van der Waals surface area contributed by atoms with Crippen molar-refractivity contribution in [2.75, 3.05) is 13.1 Å². The molecule has 1 aliphatic rings. The monoisotopic (exact) mass is 417 g/mol. The summed E-state index contributed by atoms with van der Waals surface area (Å²) in [5, 5.41) is 0.684. The van der Waals surface area contributed by atoms with Gasteiger partial charge < -0.3 is 14.5 Å². The van der Waals surface area contributed by atoms with Crippen LogP contribution in [0.15, 0.2) is 53.6 Å². The number of nitrogens with zero attached hydrogens (tertiary/aromatic N) is 4. The molecule has 8 heteroatoms. The predicted octanol–water partition coefficient (Wildman–Crippen LogP) is 2.70. The number of carbonyl (C=O) groups is 1. The average Bonchev–Trinajstić information content (AvgIpc) is 2.95. The van der Waals surface area contributed by atoms with Gasteiger partial charge in [-0.15, -0.1) is 0 Å². The molecule has 7 nitrogen and oxygen atoms in total. The van der Waals surface area contributed by atoms with Crippen LogP contribution in [0.3, 0.4) is 0 Å². The minimum absolute atomic E-state index is 0.141. The molecule has 4 heterocycles. The lowest BCUT2D eigenvalue weighted by Crippen LogP contribution is -2.34. The van der Waals surface area contributed by atoms with E-state index in [4.69, 9.17) is 0 Å². The zero-order chi connectivity index (χ0) is 21.5. The number of carbonyl (C=O) groups excluding carboxylic acids is 1. The summed E-state index contributed by atoms with van der Waals surface area (Å²) in [7, 11) is 1.80. The molecule has 0 atom stereocenters. The van der Waals surface area contributed by atoms with E-state index in [1.54, 1.807) is 53.2 Å². The van der Waals surface area contributed by atoms with Gasteiger partial charge in [0.05, 0.1) is 5.69 Å². The second-order valence-corrected chi connectivity index (χ2v) is 7.66. The Hall–Kier alpha value is -3.81. The van der Waals surface area contributed by atoms with E-state index in [2.05, 4.69) is 15.0 Å². The Labute approximate surface area is 177 Å². The molecule has 5 rings (SSSR count). The van der Waals surface area contributed by atoms with Gasteiger partial charge in [0.15, 0.2) is 0 Å². The number of nitrogens with one attached hydrogen (secondary N) is 1. The first-order chi connectivity index (χ1) is 15.0. The van der Waals surface area contributed by atoms with Crippen molar-refractivity contribution >= 4 is 16.8 Å². The molecule has 0 fully saturated rings. The third-order valence-corrected chi connectivity index (χ3v) is 5.82. The molecular formula is C23H20FN5O2. The maximum Gasteiger partial charge on any atom is 0.270 e. The SMILES string of the molecule is Cn1c(C(=O)N2CCc3nc(-c4ccncc4)[nH]c(=O)c3CC2)cc2cc(F)ccc21. The van der Waals surface area contributed by atoms with E-state index in [9.17, 15) is 14.0 Å². The van der Waals surface area contributed by atoms with Gasteiger partial charge in [0.1, 0.15) is 17.3 Å². The Balaban J connectivity index is 1.44. The van der Waals surface area contributed by atoms with Crippen LogP contribution in [0.4, 0.5) is 4.39 Å². The summed E-state index contributed by atoms with van der Waals surface area (Å²) in [5.41, 5.74) is 3.23. The van der Waals surface area contributed by atoms with Gasteiger partial charge in [0.2, 0.25) is 0 Å². The van der Waals surface area contributed by atoms with E-state index in [-0.39, 0.29) is 17.3 Å². The Morgan fingerprint density at radius 3 is 2.68 bits per heavy atom. The van der Waals surface area contributed by atoms with E-state index in [0.29, 0.717) is 54.1 Å². The summed E-state index contributed by atoms with van der Waals surface area (Å²) in [4.78, 5) is 39.2. The molecule has 0 spiro atoms. The van der Waals surface area contributed by atoms with Gasteiger partial charge in [0, 0.05) is 61.0 Å². The molecule has 4 aromatic rings. The largest absolute Gasteiger partial charge is 0.340 e. The fourth-order valence-corrected chi connectivity index (χ4v) is 4.15. The second-order valence-electron chi connectivity index (χ2n) is 7.66. The lowest BCUT2D eigenvalue weighted by atomic mass is 10.1. The Bertz CT molecular complexity index is 1360. The summed E-state index contributed by atoms with van der Waals surface area (Å²) in [6.07, 6.45) is 4.22. The number of rotatable bonds is 2. The van der Waals surface area contributed by atoms with Crippen LogP contribution in [-0.4, -0.2) is 43.4 Å². The zero-order valence-electron chi connectivity index (χ0n) is 16.9. The number of hydrogen-bond acceptors (Lipinski definition) is 4. The van der Waals surface area contributed by atoms with Crippen LogP contribution >= 0.6 is 0 Å². The smallest absolute Gasteiger partial charge is 0.270 e. The van der Waals surface area contributed by atoms with E-state index < -0.39 is 0 Å². The van der Waals surface area contributed by atoms with Crippen LogP contribution in [-0.2, 0) is 19.9 Å². The van der Waals surface area contributed by atoms with Gasteiger partial charge in [-0.25, -0.2) is 9.37 Å². The molecule has 31 heavy (non-hydrogen) atoms. The van der Waals surface area contributed by atoms with Crippen molar-refractivity contribution in [1.29, 1.82) is 0 Å². The summed E-state index contributed by atoms with van der Waals surface area (Å²) in [6, 6.07) is 9.78. The fourth-order valence-electron chi connectivity index (χ4n) is 4.15. The molecule has 0 bridgehead atoms. The van der Waals surface area contributed by atoms with Crippen LogP contribution in [0.2, 0.25) is 0 Å². The number of fused-ring (bicyclic) bond motifs is 2. The highest BCUT2D eigenvalue weighted by Crippen LogP contribution is 2.22. The van der Waals surface area contributed by atoms with Crippen molar-refractivity contribution in [3.63, 3.8) is 0 Å². The van der Waals surface area contributed by atoms with Gasteiger partial charge in [-0.1, -0.05) is 0 Å². The third kappa shape index (κ3) is 3.39. The summed E-state index contributed by atoms with van der Waals surface area (Å²) >= 11 is 0. The molecule has 1 aliphatic heterocycles. The fraction of sp³-hybridized carbons (Fsp3) is 0.217. The Kier molecular flexibility index (Phi) is 4.62. The average molecular weight is 417 g/mol.